The second-order valence-corrected chi connectivity index (χ2v) is 8.90. The minimum atomic E-state index is -4.80. The summed E-state index contributed by atoms with van der Waals surface area (Å²) in [5, 5.41) is 5.34. The van der Waals surface area contributed by atoms with Crippen LogP contribution >= 0.6 is 0 Å². The molecule has 11 heteroatoms. The van der Waals surface area contributed by atoms with Gasteiger partial charge >= 0.3 is 6.18 Å². The number of nitrogens with zero attached hydrogens (tertiary/aromatic N) is 3. The van der Waals surface area contributed by atoms with Crippen LogP contribution in [0, 0.1) is 0 Å². The quantitative estimate of drug-likeness (QED) is 0.649. The Morgan fingerprint density at radius 3 is 2.42 bits per heavy atom. The molecule has 31 heavy (non-hydrogen) atoms. The fourth-order valence-electron chi connectivity index (χ4n) is 3.10. The average Bonchev–Trinajstić information content (AvgIpc) is 2.72. The van der Waals surface area contributed by atoms with Crippen LogP contribution in [0.3, 0.4) is 0 Å². The number of alkyl halides is 3. The Labute approximate surface area is 178 Å². The number of benzene rings is 1. The second-order valence-electron chi connectivity index (χ2n) is 6.99. The molecule has 1 aromatic carbocycles. The van der Waals surface area contributed by atoms with Crippen molar-refractivity contribution in [3.8, 4) is 0 Å². The molecule has 2 aromatic rings. The Morgan fingerprint density at radius 1 is 1.10 bits per heavy atom. The van der Waals surface area contributed by atoms with Gasteiger partial charge in [-0.15, -0.1) is 0 Å². The molecule has 0 atom stereocenters. The van der Waals surface area contributed by atoms with E-state index in [4.69, 9.17) is 0 Å². The van der Waals surface area contributed by atoms with Crippen LogP contribution in [0.1, 0.15) is 17.0 Å². The molecule has 1 aliphatic rings. The van der Waals surface area contributed by atoms with E-state index in [1.165, 1.54) is 0 Å². The molecule has 0 bridgehead atoms. The van der Waals surface area contributed by atoms with E-state index in [1.54, 1.807) is 18.4 Å². The fourth-order valence-corrected chi connectivity index (χ4v) is 3.63. The molecule has 0 aliphatic carbocycles. The van der Waals surface area contributed by atoms with E-state index >= 15 is 0 Å². The van der Waals surface area contributed by atoms with Crippen molar-refractivity contribution in [2.45, 2.75) is 17.9 Å². The molecule has 2 heterocycles. The van der Waals surface area contributed by atoms with Gasteiger partial charge in [-0.2, -0.15) is 13.2 Å². The predicted molar refractivity (Wildman–Crippen MR) is 113 cm³/mol. The van der Waals surface area contributed by atoms with Crippen molar-refractivity contribution < 1.29 is 21.6 Å². The van der Waals surface area contributed by atoms with E-state index in [9.17, 15) is 21.6 Å². The molecular formula is C20H22F3N5O2S. The van der Waals surface area contributed by atoms with Gasteiger partial charge in [0, 0.05) is 45.2 Å². The summed E-state index contributed by atoms with van der Waals surface area (Å²) in [5.74, 6) is 0. The molecule has 1 aliphatic heterocycles. The van der Waals surface area contributed by atoms with Crippen LogP contribution in [0.4, 0.5) is 24.5 Å². The topological polar surface area (TPSA) is 87.2 Å². The number of anilines is 2. The van der Waals surface area contributed by atoms with Crippen LogP contribution in [0.2, 0.25) is 0 Å². The lowest BCUT2D eigenvalue weighted by molar-refractivity contribution is -0.141. The second kappa shape index (κ2) is 8.58. The standard InChI is InChI=1S/C20H22F3N5O2S/c1-24-15-7-6-13(9-17(15)25-2)11-28-8-4-5-14(12-28)16-10-18(20(21,22)23)27-19(26-16)31(3,29)30/h4-7,9-10,12,24-25H,8,11H2,1-3H3. The first-order chi connectivity index (χ1) is 14.5. The van der Waals surface area contributed by atoms with Gasteiger partial charge in [0.05, 0.1) is 17.1 Å². The Bertz CT molecular complexity index is 1140. The summed E-state index contributed by atoms with van der Waals surface area (Å²) in [6, 6.07) is 6.62. The molecule has 0 amide bonds. The van der Waals surface area contributed by atoms with Gasteiger partial charge in [0.15, 0.2) is 0 Å². The van der Waals surface area contributed by atoms with Crippen LogP contribution in [-0.2, 0) is 22.6 Å². The number of nitrogens with one attached hydrogen (secondary N) is 2. The predicted octanol–water partition coefficient (Wildman–Crippen LogP) is 3.40. The minimum absolute atomic E-state index is 0.106. The Morgan fingerprint density at radius 2 is 1.81 bits per heavy atom. The fraction of sp³-hybridized carbons (Fsp3) is 0.300. The summed E-state index contributed by atoms with van der Waals surface area (Å²) in [5.41, 5.74) is 1.81. The molecule has 7 nitrogen and oxygen atoms in total. The van der Waals surface area contributed by atoms with Crippen molar-refractivity contribution in [2.75, 3.05) is 37.5 Å². The summed E-state index contributed by atoms with van der Waals surface area (Å²) >= 11 is 0. The lowest BCUT2D eigenvalue weighted by atomic mass is 10.1. The van der Waals surface area contributed by atoms with Gasteiger partial charge in [-0.05, 0) is 23.8 Å². The molecule has 2 N–H and O–H groups in total. The zero-order valence-corrected chi connectivity index (χ0v) is 18.0. The van der Waals surface area contributed by atoms with E-state index in [1.807, 2.05) is 37.2 Å². The maximum absolute atomic E-state index is 13.3. The molecule has 3 rings (SSSR count). The zero-order valence-electron chi connectivity index (χ0n) is 17.2. The van der Waals surface area contributed by atoms with E-state index < -0.39 is 26.9 Å². The van der Waals surface area contributed by atoms with Crippen LogP contribution in [0.25, 0.3) is 5.57 Å². The number of hydrogen-bond donors (Lipinski definition) is 2. The molecule has 0 spiro atoms. The highest BCUT2D eigenvalue weighted by Crippen LogP contribution is 2.31. The zero-order chi connectivity index (χ0) is 22.8. The van der Waals surface area contributed by atoms with Gasteiger partial charge in [-0.1, -0.05) is 18.2 Å². The van der Waals surface area contributed by atoms with Crippen LogP contribution in [-0.4, -0.2) is 50.2 Å². The molecular weight excluding hydrogens is 431 g/mol. The lowest BCUT2D eigenvalue weighted by Crippen LogP contribution is -2.20. The molecule has 0 saturated heterocycles. The maximum Gasteiger partial charge on any atom is 0.433 e. The van der Waals surface area contributed by atoms with Gasteiger partial charge in [0.1, 0.15) is 5.69 Å². The minimum Gasteiger partial charge on any atom is -0.386 e. The molecule has 166 valence electrons. The number of allylic oxidation sites excluding steroid dienone is 2. The molecule has 0 saturated carbocycles. The van der Waals surface area contributed by atoms with Crippen molar-refractivity contribution in [2.24, 2.45) is 0 Å². The Kier molecular flexibility index (Phi) is 6.25. The van der Waals surface area contributed by atoms with E-state index in [0.717, 1.165) is 29.3 Å². The summed E-state index contributed by atoms with van der Waals surface area (Å²) in [6.07, 6.45) is 1.05. The van der Waals surface area contributed by atoms with E-state index in [0.29, 0.717) is 18.7 Å². The summed E-state index contributed by atoms with van der Waals surface area (Å²) in [4.78, 5) is 8.96. The third-order valence-corrected chi connectivity index (χ3v) is 5.44. The molecule has 0 fully saturated rings. The van der Waals surface area contributed by atoms with Gasteiger partial charge < -0.3 is 15.5 Å². The number of rotatable bonds is 6. The van der Waals surface area contributed by atoms with Gasteiger partial charge in [0.2, 0.25) is 15.0 Å². The monoisotopic (exact) mass is 453 g/mol. The van der Waals surface area contributed by atoms with Crippen molar-refractivity contribution in [3.63, 3.8) is 0 Å². The van der Waals surface area contributed by atoms with E-state index in [2.05, 4.69) is 20.6 Å². The Hall–Kier alpha value is -3.08. The van der Waals surface area contributed by atoms with Crippen molar-refractivity contribution in [1.82, 2.24) is 14.9 Å². The lowest BCUT2D eigenvalue weighted by Gasteiger charge is -2.24. The Balaban J connectivity index is 1.95. The number of sulfone groups is 1. The van der Waals surface area contributed by atoms with Crippen LogP contribution in [0.5, 0.6) is 0 Å². The van der Waals surface area contributed by atoms with Crippen LogP contribution < -0.4 is 10.6 Å². The van der Waals surface area contributed by atoms with Gasteiger partial charge in [-0.25, -0.2) is 18.4 Å². The number of aromatic nitrogens is 2. The van der Waals surface area contributed by atoms with Crippen LogP contribution in [0.15, 0.2) is 47.8 Å². The highest BCUT2D eigenvalue weighted by Gasteiger charge is 2.35. The number of hydrogen-bond acceptors (Lipinski definition) is 7. The molecule has 0 unspecified atom stereocenters. The highest BCUT2D eigenvalue weighted by molar-refractivity contribution is 7.90. The summed E-state index contributed by atoms with van der Waals surface area (Å²) in [7, 11) is -0.388. The average molecular weight is 453 g/mol. The third-order valence-electron chi connectivity index (χ3n) is 4.59. The smallest absolute Gasteiger partial charge is 0.386 e. The summed E-state index contributed by atoms with van der Waals surface area (Å²) in [6.45, 7) is 1.05. The first-order valence-corrected chi connectivity index (χ1v) is 11.2. The third kappa shape index (κ3) is 5.35. The largest absolute Gasteiger partial charge is 0.433 e. The first kappa shape index (κ1) is 22.6. The number of halogens is 3. The van der Waals surface area contributed by atoms with E-state index in [-0.39, 0.29) is 5.69 Å². The van der Waals surface area contributed by atoms with Crippen molar-refractivity contribution in [3.05, 3.63) is 59.6 Å². The summed E-state index contributed by atoms with van der Waals surface area (Å²) < 4.78 is 63.4. The van der Waals surface area contributed by atoms with Gasteiger partial charge in [-0.3, -0.25) is 0 Å². The SMILES string of the molecule is CNc1ccc(CN2C=C(c3cc(C(F)(F)F)nc(S(C)(=O)=O)n3)C=CC2)cc1NC. The van der Waals surface area contributed by atoms with Gasteiger partial charge in [0.25, 0.3) is 0 Å². The highest BCUT2D eigenvalue weighted by atomic mass is 32.2. The normalized spacial score (nSPS) is 14.4. The maximum atomic E-state index is 13.3. The van der Waals surface area contributed by atoms with Crippen molar-refractivity contribution >= 4 is 26.8 Å². The van der Waals surface area contributed by atoms with Crippen molar-refractivity contribution in [1.29, 1.82) is 0 Å². The molecule has 0 radical (unpaired) electrons. The molecule has 1 aromatic heterocycles. The first-order valence-electron chi connectivity index (χ1n) is 9.29.